The van der Waals surface area contributed by atoms with Crippen LogP contribution in [-0.4, -0.2) is 10.6 Å². The Kier molecular flexibility index (Phi) is 2.11. The van der Waals surface area contributed by atoms with Gasteiger partial charge in [0, 0.05) is 24.7 Å². The van der Waals surface area contributed by atoms with E-state index in [1.165, 1.54) is 17.8 Å². The molecule has 20 heavy (non-hydrogen) atoms. The summed E-state index contributed by atoms with van der Waals surface area (Å²) in [5.74, 6) is 1.33. The molecular weight excluding hydrogens is 244 g/mol. The molecule has 0 N–H and O–H groups in total. The van der Waals surface area contributed by atoms with Gasteiger partial charge in [0.25, 0.3) is 0 Å². The minimum atomic E-state index is 0.122. The zero-order valence-corrected chi connectivity index (χ0v) is 12.7. The van der Waals surface area contributed by atoms with Gasteiger partial charge in [-0.1, -0.05) is 31.2 Å². The van der Waals surface area contributed by atoms with Crippen LogP contribution in [0.5, 0.6) is 0 Å². The van der Waals surface area contributed by atoms with E-state index in [-0.39, 0.29) is 11.0 Å². The van der Waals surface area contributed by atoms with Crippen molar-refractivity contribution < 1.29 is 0 Å². The third-order valence-electron chi connectivity index (χ3n) is 5.84. The van der Waals surface area contributed by atoms with Crippen LogP contribution in [0, 0.1) is 0 Å². The van der Waals surface area contributed by atoms with E-state index in [0.717, 1.165) is 0 Å². The Bertz CT molecular complexity index is 686. The molecule has 1 aromatic heterocycles. The van der Waals surface area contributed by atoms with Gasteiger partial charge in [-0.05, 0) is 43.5 Å². The highest BCUT2D eigenvalue weighted by Crippen LogP contribution is 2.61. The van der Waals surface area contributed by atoms with Crippen LogP contribution in [0.25, 0.3) is 0 Å². The van der Waals surface area contributed by atoms with Crippen molar-refractivity contribution in [2.75, 3.05) is 4.90 Å². The van der Waals surface area contributed by atoms with Gasteiger partial charge in [0.2, 0.25) is 0 Å². The summed E-state index contributed by atoms with van der Waals surface area (Å²) in [6.45, 7) is 7.23. The Labute approximate surface area is 121 Å². The van der Waals surface area contributed by atoms with Gasteiger partial charge in [-0.3, -0.25) is 0 Å². The highest BCUT2D eigenvalue weighted by atomic mass is 15.3. The molecule has 2 aromatic rings. The maximum atomic E-state index is 2.63. The van der Waals surface area contributed by atoms with E-state index in [0.29, 0.717) is 6.04 Å². The number of hydrogen-bond donors (Lipinski definition) is 0. The summed E-state index contributed by atoms with van der Waals surface area (Å²) in [5.41, 5.74) is 3.45. The van der Waals surface area contributed by atoms with Gasteiger partial charge in [-0.15, -0.1) is 0 Å². The van der Waals surface area contributed by atoms with Crippen LogP contribution in [-0.2, 0) is 18.0 Å². The number of hydrogen-bond acceptors (Lipinski definition) is 1. The Morgan fingerprint density at radius 3 is 2.40 bits per heavy atom. The predicted octanol–water partition coefficient (Wildman–Crippen LogP) is 3.81. The number of aryl methyl sites for hydroxylation is 1. The molecular formula is C18H22N2. The molecule has 2 nitrogen and oxygen atoms in total. The molecule has 2 heteroatoms. The summed E-state index contributed by atoms with van der Waals surface area (Å²) in [7, 11) is 2.14. The highest BCUT2D eigenvalue weighted by molar-refractivity contribution is 5.61. The van der Waals surface area contributed by atoms with Crippen LogP contribution in [0.4, 0.5) is 5.82 Å². The van der Waals surface area contributed by atoms with Crippen LogP contribution in [0.3, 0.4) is 0 Å². The van der Waals surface area contributed by atoms with Crippen molar-refractivity contribution in [1.82, 2.24) is 4.57 Å². The number of fused-ring (bicyclic) bond motifs is 5. The van der Waals surface area contributed by atoms with Crippen LogP contribution < -0.4 is 4.90 Å². The first-order chi connectivity index (χ1) is 9.48. The van der Waals surface area contributed by atoms with Crippen molar-refractivity contribution in [2.45, 2.75) is 44.2 Å². The molecule has 1 aromatic carbocycles. The van der Waals surface area contributed by atoms with Crippen LogP contribution in [0.1, 0.15) is 38.3 Å². The Morgan fingerprint density at radius 2 is 1.75 bits per heavy atom. The quantitative estimate of drug-likeness (QED) is 0.762. The molecule has 4 rings (SSSR count). The summed E-state index contributed by atoms with van der Waals surface area (Å²) in [4.78, 5) is 2.63. The predicted molar refractivity (Wildman–Crippen MR) is 83.1 cm³/mol. The standard InChI is InChI=1S/C18H22N2/c1-13-17(2)12-18(3,15-9-6-5-8-14(15)17)20(13)16-10-7-11-19(16)4/h5-11,13H,12H2,1-4H3. The molecule has 1 aliphatic heterocycles. The minimum absolute atomic E-state index is 0.122. The second-order valence-electron chi connectivity index (χ2n) is 6.94. The van der Waals surface area contributed by atoms with Crippen molar-refractivity contribution in [3.05, 3.63) is 53.7 Å². The van der Waals surface area contributed by atoms with Crippen molar-refractivity contribution in [3.63, 3.8) is 0 Å². The molecule has 2 bridgehead atoms. The molecule has 3 unspecified atom stereocenters. The van der Waals surface area contributed by atoms with Gasteiger partial charge in [0.05, 0.1) is 5.54 Å². The molecule has 3 atom stereocenters. The Hall–Kier alpha value is -1.70. The molecule has 2 aliphatic rings. The molecule has 0 radical (unpaired) electrons. The molecule has 0 saturated carbocycles. The maximum absolute atomic E-state index is 2.63. The van der Waals surface area contributed by atoms with Gasteiger partial charge in [-0.2, -0.15) is 0 Å². The third-order valence-corrected chi connectivity index (χ3v) is 5.84. The topological polar surface area (TPSA) is 8.17 Å². The number of rotatable bonds is 1. The number of aromatic nitrogens is 1. The lowest BCUT2D eigenvalue weighted by molar-refractivity contribution is 0.447. The van der Waals surface area contributed by atoms with Gasteiger partial charge < -0.3 is 9.47 Å². The molecule has 1 saturated heterocycles. The van der Waals surface area contributed by atoms with E-state index in [4.69, 9.17) is 0 Å². The lowest BCUT2D eigenvalue weighted by Crippen LogP contribution is -2.49. The van der Waals surface area contributed by atoms with Crippen LogP contribution in [0.2, 0.25) is 0 Å². The Balaban J connectivity index is 1.97. The van der Waals surface area contributed by atoms with Crippen molar-refractivity contribution >= 4 is 5.82 Å². The number of benzene rings is 1. The summed E-state index contributed by atoms with van der Waals surface area (Å²) in [5, 5.41) is 0. The van der Waals surface area contributed by atoms with E-state index < -0.39 is 0 Å². The SMILES string of the molecule is CC1N(c2cccn2C)C2(C)CC1(C)c1ccccc12. The third kappa shape index (κ3) is 1.16. The largest absolute Gasteiger partial charge is 0.345 e. The van der Waals surface area contributed by atoms with Gasteiger partial charge in [0.1, 0.15) is 5.82 Å². The van der Waals surface area contributed by atoms with Crippen molar-refractivity contribution in [2.24, 2.45) is 7.05 Å². The summed E-state index contributed by atoms with van der Waals surface area (Å²) >= 11 is 0. The normalized spacial score (nSPS) is 34.6. The van der Waals surface area contributed by atoms with E-state index in [1.807, 2.05) is 0 Å². The molecule has 104 valence electrons. The molecule has 1 fully saturated rings. The summed E-state index contributed by atoms with van der Waals surface area (Å²) in [6, 6.07) is 13.9. The van der Waals surface area contributed by atoms with E-state index >= 15 is 0 Å². The van der Waals surface area contributed by atoms with Gasteiger partial charge in [-0.25, -0.2) is 0 Å². The monoisotopic (exact) mass is 266 g/mol. The van der Waals surface area contributed by atoms with Crippen LogP contribution >= 0.6 is 0 Å². The average molecular weight is 266 g/mol. The second kappa shape index (κ2) is 3.49. The number of nitrogens with zero attached hydrogens (tertiary/aromatic N) is 2. The lowest BCUT2D eigenvalue weighted by atomic mass is 9.78. The fraction of sp³-hybridized carbons (Fsp3) is 0.444. The summed E-state index contributed by atoms with van der Waals surface area (Å²) < 4.78 is 2.24. The molecule has 0 spiro atoms. The van der Waals surface area contributed by atoms with E-state index in [1.54, 1.807) is 5.56 Å². The maximum Gasteiger partial charge on any atom is 0.109 e. The van der Waals surface area contributed by atoms with Crippen LogP contribution in [0.15, 0.2) is 42.6 Å². The molecule has 2 heterocycles. The fourth-order valence-electron chi connectivity index (χ4n) is 4.81. The zero-order chi connectivity index (χ0) is 14.1. The van der Waals surface area contributed by atoms with Crippen molar-refractivity contribution in [3.8, 4) is 0 Å². The van der Waals surface area contributed by atoms with Gasteiger partial charge >= 0.3 is 0 Å². The smallest absolute Gasteiger partial charge is 0.109 e. The fourth-order valence-corrected chi connectivity index (χ4v) is 4.81. The lowest BCUT2D eigenvalue weighted by Gasteiger charge is -2.45. The first-order valence-corrected chi connectivity index (χ1v) is 7.49. The summed E-state index contributed by atoms with van der Waals surface area (Å²) in [6.07, 6.45) is 3.36. The average Bonchev–Trinajstić information content (AvgIpc) is 2.99. The first kappa shape index (κ1) is 12.1. The Morgan fingerprint density at radius 1 is 1.05 bits per heavy atom. The van der Waals surface area contributed by atoms with E-state index in [2.05, 4.69) is 79.9 Å². The van der Waals surface area contributed by atoms with Crippen molar-refractivity contribution in [1.29, 1.82) is 0 Å². The van der Waals surface area contributed by atoms with Gasteiger partial charge in [0.15, 0.2) is 0 Å². The molecule has 0 amide bonds. The first-order valence-electron chi connectivity index (χ1n) is 7.49. The zero-order valence-electron chi connectivity index (χ0n) is 12.7. The second-order valence-corrected chi connectivity index (χ2v) is 6.94. The number of anilines is 1. The molecule has 1 aliphatic carbocycles. The highest BCUT2D eigenvalue weighted by Gasteiger charge is 2.61. The van der Waals surface area contributed by atoms with E-state index in [9.17, 15) is 0 Å². The minimum Gasteiger partial charge on any atom is -0.345 e.